The third-order valence-electron chi connectivity index (χ3n) is 6.95. The molecule has 6 nitrogen and oxygen atoms in total. The number of carbonyl (C=O) groups is 2. The molecule has 3 aromatic carbocycles. The van der Waals surface area contributed by atoms with Crippen LogP contribution in [0.15, 0.2) is 72.3 Å². The number of hydrogen-bond donors (Lipinski definition) is 1. The highest BCUT2D eigenvalue weighted by Crippen LogP contribution is 2.40. The molecule has 1 heterocycles. The lowest BCUT2D eigenvalue weighted by Gasteiger charge is -2.26. The number of benzene rings is 3. The summed E-state index contributed by atoms with van der Waals surface area (Å²) in [5.41, 5.74) is 3.68. The summed E-state index contributed by atoms with van der Waals surface area (Å²) in [5.74, 6) is -1.34. The van der Waals surface area contributed by atoms with E-state index in [1.54, 1.807) is 36.4 Å². The normalized spacial score (nSPS) is 17.1. The van der Waals surface area contributed by atoms with E-state index in [1.807, 2.05) is 25.1 Å². The Balaban J connectivity index is 1.72. The van der Waals surface area contributed by atoms with Crippen molar-refractivity contribution in [2.24, 2.45) is 0 Å². The first-order valence-corrected chi connectivity index (χ1v) is 12.9. The average Bonchev–Trinajstić information content (AvgIpc) is 3.16. The fourth-order valence-corrected chi connectivity index (χ4v) is 4.63. The number of nitrogens with zero attached hydrogens (tertiary/aromatic N) is 1. The molecule has 204 valence electrons. The number of aliphatic hydroxyl groups excluding tert-OH is 1. The van der Waals surface area contributed by atoms with Gasteiger partial charge in [-0.1, -0.05) is 57.2 Å². The molecule has 1 amide bonds. The minimum atomic E-state index is -0.788. The van der Waals surface area contributed by atoms with Gasteiger partial charge in [-0.05, 0) is 64.9 Å². The van der Waals surface area contributed by atoms with Crippen LogP contribution in [0.1, 0.15) is 54.6 Å². The molecule has 0 bridgehead atoms. The van der Waals surface area contributed by atoms with Crippen molar-refractivity contribution >= 4 is 17.4 Å². The first-order chi connectivity index (χ1) is 18.5. The third kappa shape index (κ3) is 6.04. The number of carbonyl (C=O) groups excluding carboxylic acids is 2. The highest BCUT2D eigenvalue weighted by molar-refractivity contribution is 6.46. The smallest absolute Gasteiger partial charge is 0.295 e. The second-order valence-electron chi connectivity index (χ2n) is 10.7. The number of hydrogen-bond acceptors (Lipinski definition) is 5. The van der Waals surface area contributed by atoms with Crippen LogP contribution in [0.5, 0.6) is 5.75 Å². The van der Waals surface area contributed by atoms with Crippen LogP contribution in [0.4, 0.5) is 4.39 Å². The van der Waals surface area contributed by atoms with Crippen molar-refractivity contribution in [3.8, 4) is 5.75 Å². The number of halogens is 1. The van der Waals surface area contributed by atoms with Crippen molar-refractivity contribution in [1.29, 1.82) is 0 Å². The lowest BCUT2D eigenvalue weighted by atomic mass is 9.84. The number of likely N-dealkylation sites (tertiary alicyclic amines) is 1. The van der Waals surface area contributed by atoms with E-state index in [-0.39, 0.29) is 42.3 Å². The monoisotopic (exact) mass is 531 g/mol. The Morgan fingerprint density at radius 2 is 1.67 bits per heavy atom. The van der Waals surface area contributed by atoms with Crippen LogP contribution in [-0.4, -0.2) is 42.0 Å². The molecule has 1 unspecified atom stereocenters. The van der Waals surface area contributed by atoms with Crippen molar-refractivity contribution in [3.63, 3.8) is 0 Å². The summed E-state index contributed by atoms with van der Waals surface area (Å²) < 4.78 is 24.2. The van der Waals surface area contributed by atoms with E-state index in [2.05, 4.69) is 20.8 Å². The van der Waals surface area contributed by atoms with Gasteiger partial charge in [0.15, 0.2) is 0 Å². The number of ether oxygens (including phenoxy) is 2. The molecule has 1 N–H and O–H groups in total. The van der Waals surface area contributed by atoms with Gasteiger partial charge >= 0.3 is 0 Å². The summed E-state index contributed by atoms with van der Waals surface area (Å²) in [5, 5.41) is 11.5. The van der Waals surface area contributed by atoms with E-state index >= 15 is 0 Å². The molecule has 1 saturated heterocycles. The zero-order valence-electron chi connectivity index (χ0n) is 23.0. The Bertz CT molecular complexity index is 1390. The van der Waals surface area contributed by atoms with Crippen molar-refractivity contribution in [3.05, 3.63) is 106 Å². The molecular weight excluding hydrogens is 497 g/mol. The van der Waals surface area contributed by atoms with Crippen LogP contribution in [0.25, 0.3) is 5.76 Å². The van der Waals surface area contributed by atoms with Crippen molar-refractivity contribution < 1.29 is 28.6 Å². The Hall–Kier alpha value is -3.97. The number of aryl methyl sites for hydroxylation is 1. The number of methoxy groups -OCH3 is 1. The van der Waals surface area contributed by atoms with Gasteiger partial charge in [-0.3, -0.25) is 9.59 Å². The van der Waals surface area contributed by atoms with Gasteiger partial charge in [0.1, 0.15) is 23.9 Å². The van der Waals surface area contributed by atoms with E-state index in [0.717, 1.165) is 16.7 Å². The molecule has 0 aliphatic carbocycles. The second-order valence-corrected chi connectivity index (χ2v) is 10.7. The second kappa shape index (κ2) is 11.4. The first kappa shape index (κ1) is 28.0. The van der Waals surface area contributed by atoms with Gasteiger partial charge < -0.3 is 19.5 Å². The molecule has 0 saturated carbocycles. The molecule has 0 spiro atoms. The number of aliphatic hydroxyl groups is 1. The summed E-state index contributed by atoms with van der Waals surface area (Å²) in [6.45, 7) is 8.77. The van der Waals surface area contributed by atoms with Gasteiger partial charge in [0.2, 0.25) is 0 Å². The maximum absolute atomic E-state index is 13.3. The SMILES string of the molecule is COCCN1C(=O)C(=O)/C(=C(/O)c2cc(C(C)(C)C)ccc2C)C1c1ccc(OCc2ccc(F)cc2)cc1. The molecule has 7 heteroatoms. The quantitative estimate of drug-likeness (QED) is 0.217. The maximum atomic E-state index is 13.3. The predicted octanol–water partition coefficient (Wildman–Crippen LogP) is 6.08. The van der Waals surface area contributed by atoms with Gasteiger partial charge in [0.05, 0.1) is 18.2 Å². The highest BCUT2D eigenvalue weighted by atomic mass is 19.1. The summed E-state index contributed by atoms with van der Waals surface area (Å²) in [7, 11) is 1.53. The fourth-order valence-electron chi connectivity index (χ4n) is 4.63. The Kier molecular flexibility index (Phi) is 8.21. The minimum Gasteiger partial charge on any atom is -0.507 e. The van der Waals surface area contributed by atoms with Gasteiger partial charge in [0.25, 0.3) is 11.7 Å². The largest absolute Gasteiger partial charge is 0.507 e. The van der Waals surface area contributed by atoms with Gasteiger partial charge in [-0.2, -0.15) is 0 Å². The molecule has 0 aromatic heterocycles. The molecule has 1 aliphatic rings. The number of Topliss-reactive ketones (excluding diaryl/α,β-unsaturated/α-hetero) is 1. The van der Waals surface area contributed by atoms with Gasteiger partial charge in [0, 0.05) is 19.2 Å². The topological polar surface area (TPSA) is 76.1 Å². The Morgan fingerprint density at radius 3 is 2.28 bits per heavy atom. The van der Waals surface area contributed by atoms with Crippen LogP contribution in [-0.2, 0) is 26.3 Å². The average molecular weight is 532 g/mol. The lowest BCUT2D eigenvalue weighted by Crippen LogP contribution is -2.32. The fraction of sp³-hybridized carbons (Fsp3) is 0.312. The predicted molar refractivity (Wildman–Crippen MR) is 148 cm³/mol. The van der Waals surface area contributed by atoms with Crippen molar-refractivity contribution in [2.45, 2.75) is 45.8 Å². The molecule has 0 radical (unpaired) electrons. The summed E-state index contributed by atoms with van der Waals surface area (Å²) >= 11 is 0. The van der Waals surface area contributed by atoms with Crippen molar-refractivity contribution in [2.75, 3.05) is 20.3 Å². The van der Waals surface area contributed by atoms with E-state index in [9.17, 15) is 19.1 Å². The van der Waals surface area contributed by atoms with E-state index in [0.29, 0.717) is 16.9 Å². The first-order valence-electron chi connectivity index (χ1n) is 12.9. The minimum absolute atomic E-state index is 0.0465. The van der Waals surface area contributed by atoms with Crippen LogP contribution in [0, 0.1) is 12.7 Å². The van der Waals surface area contributed by atoms with Crippen LogP contribution in [0.2, 0.25) is 0 Å². The summed E-state index contributed by atoms with van der Waals surface area (Å²) in [6, 6.07) is 18.1. The molecule has 4 rings (SSSR count). The third-order valence-corrected chi connectivity index (χ3v) is 6.95. The van der Waals surface area contributed by atoms with Gasteiger partial charge in [-0.25, -0.2) is 4.39 Å². The van der Waals surface area contributed by atoms with Crippen molar-refractivity contribution in [1.82, 2.24) is 4.90 Å². The molecule has 1 aliphatic heterocycles. The lowest BCUT2D eigenvalue weighted by molar-refractivity contribution is -0.140. The van der Waals surface area contributed by atoms with Crippen LogP contribution < -0.4 is 4.74 Å². The number of amides is 1. The number of rotatable bonds is 8. The molecule has 1 atom stereocenters. The zero-order chi connectivity index (χ0) is 28.3. The van der Waals surface area contributed by atoms with E-state index < -0.39 is 17.7 Å². The molecule has 39 heavy (non-hydrogen) atoms. The number of ketones is 1. The Labute approximate surface area is 228 Å². The van der Waals surface area contributed by atoms with E-state index in [4.69, 9.17) is 9.47 Å². The van der Waals surface area contributed by atoms with Crippen LogP contribution >= 0.6 is 0 Å². The van der Waals surface area contributed by atoms with Gasteiger partial charge in [-0.15, -0.1) is 0 Å². The molecule has 1 fully saturated rings. The Morgan fingerprint density at radius 1 is 1.00 bits per heavy atom. The maximum Gasteiger partial charge on any atom is 0.295 e. The van der Waals surface area contributed by atoms with Crippen LogP contribution in [0.3, 0.4) is 0 Å². The summed E-state index contributed by atoms with van der Waals surface area (Å²) in [4.78, 5) is 27.9. The standard InChI is InChI=1S/C32H34FNO5/c1-20-6-11-23(32(2,3)4)18-26(20)29(35)27-28(34(16-17-38-5)31(37)30(27)36)22-9-14-25(15-10-22)39-19-21-7-12-24(33)13-8-21/h6-15,18,28,35H,16-17,19H2,1-5H3/b29-27+. The molecule has 3 aromatic rings. The molecular formula is C32H34FNO5. The highest BCUT2D eigenvalue weighted by Gasteiger charge is 2.46. The van der Waals surface area contributed by atoms with E-state index in [1.165, 1.54) is 24.1 Å². The summed E-state index contributed by atoms with van der Waals surface area (Å²) in [6.07, 6.45) is 0. The zero-order valence-corrected chi connectivity index (χ0v) is 23.0.